The van der Waals surface area contributed by atoms with Gasteiger partial charge in [0.05, 0.1) is 10.6 Å². The molecule has 8 nitrogen and oxygen atoms in total. The predicted octanol–water partition coefficient (Wildman–Crippen LogP) is 7.05. The van der Waals surface area contributed by atoms with Crippen LogP contribution in [0.2, 0.25) is 5.02 Å². The van der Waals surface area contributed by atoms with Crippen molar-refractivity contribution in [2.45, 2.75) is 57.1 Å². The highest BCUT2D eigenvalue weighted by molar-refractivity contribution is 7.92. The van der Waals surface area contributed by atoms with Gasteiger partial charge < -0.3 is 15.0 Å². The highest BCUT2D eigenvalue weighted by Crippen LogP contribution is 2.29. The van der Waals surface area contributed by atoms with E-state index in [1.54, 1.807) is 66.7 Å². The fourth-order valence-corrected chi connectivity index (χ4v) is 6.26. The number of hydrogen-bond donors (Lipinski definition) is 1. The normalized spacial score (nSPS) is 12.5. The quantitative estimate of drug-likeness (QED) is 0.158. The number of carbonyl (C=O) groups is 2. The number of benzene rings is 4. The topological polar surface area (TPSA) is 96.0 Å². The molecule has 1 N–H and O–H groups in total. The van der Waals surface area contributed by atoms with Crippen LogP contribution in [-0.4, -0.2) is 43.8 Å². The van der Waals surface area contributed by atoms with Crippen LogP contribution in [0.4, 0.5) is 5.69 Å². The molecule has 0 aromatic heterocycles. The van der Waals surface area contributed by atoms with Crippen LogP contribution in [0.3, 0.4) is 0 Å². The zero-order chi connectivity index (χ0) is 32.4. The molecule has 4 rings (SSSR count). The van der Waals surface area contributed by atoms with Gasteiger partial charge in [-0.25, -0.2) is 8.42 Å². The SMILES string of the molecule is CC[C@H](C)NC(=O)[C@H](CC)N(Cc1ccc(Cl)cc1)C(=O)CN(c1ccc(Oc2ccccc2)cc1)S(=O)(=O)c1ccccc1. The van der Waals surface area contributed by atoms with Gasteiger partial charge in [0.25, 0.3) is 10.0 Å². The largest absolute Gasteiger partial charge is 0.457 e. The van der Waals surface area contributed by atoms with Crippen LogP contribution in [0.5, 0.6) is 11.5 Å². The molecule has 0 saturated carbocycles. The molecule has 0 unspecified atom stereocenters. The average Bonchev–Trinajstić information content (AvgIpc) is 3.05. The van der Waals surface area contributed by atoms with Crippen LogP contribution in [-0.2, 0) is 26.2 Å². The second kappa shape index (κ2) is 15.6. The lowest BCUT2D eigenvalue weighted by atomic mass is 10.1. The van der Waals surface area contributed by atoms with Gasteiger partial charge in [-0.1, -0.05) is 74.0 Å². The van der Waals surface area contributed by atoms with Crippen molar-refractivity contribution >= 4 is 39.1 Å². The lowest BCUT2D eigenvalue weighted by Gasteiger charge is -2.33. The van der Waals surface area contributed by atoms with Crippen LogP contribution in [0, 0.1) is 0 Å². The van der Waals surface area contributed by atoms with E-state index >= 15 is 0 Å². The first-order valence-electron chi connectivity index (χ1n) is 14.9. The van der Waals surface area contributed by atoms with E-state index in [4.69, 9.17) is 16.3 Å². The number of anilines is 1. The molecule has 10 heteroatoms. The molecule has 236 valence electrons. The summed E-state index contributed by atoms with van der Waals surface area (Å²) >= 11 is 6.10. The summed E-state index contributed by atoms with van der Waals surface area (Å²) in [5, 5.41) is 3.52. The maximum absolute atomic E-state index is 14.2. The zero-order valence-electron chi connectivity index (χ0n) is 25.6. The van der Waals surface area contributed by atoms with Gasteiger partial charge >= 0.3 is 0 Å². The molecule has 2 amide bonds. The summed E-state index contributed by atoms with van der Waals surface area (Å²) in [6, 6.07) is 29.7. The third-order valence-electron chi connectivity index (χ3n) is 7.37. The number of amides is 2. The molecular weight excluding hydrogens is 610 g/mol. The standard InChI is InChI=1S/C35H38ClN3O5S/c1-4-26(3)37-35(41)33(5-2)38(24-27-16-18-28(36)19-17-27)34(40)25-39(45(42,43)32-14-10-7-11-15-32)29-20-22-31(23-21-29)44-30-12-8-6-9-13-30/h6-23,26,33H,4-5,24-25H2,1-3H3,(H,37,41)/t26-,33-/m0/s1. The maximum atomic E-state index is 14.2. The van der Waals surface area contributed by atoms with Crippen LogP contribution in [0.25, 0.3) is 0 Å². The molecule has 0 bridgehead atoms. The van der Waals surface area contributed by atoms with E-state index in [9.17, 15) is 18.0 Å². The first kappa shape index (κ1) is 33.6. The summed E-state index contributed by atoms with van der Waals surface area (Å²) in [6.07, 6.45) is 1.05. The number of carbonyl (C=O) groups excluding carboxylic acids is 2. The molecule has 4 aromatic rings. The molecule has 0 saturated heterocycles. The van der Waals surface area contributed by atoms with Gasteiger partial charge in [0.15, 0.2) is 0 Å². The molecule has 4 aromatic carbocycles. The van der Waals surface area contributed by atoms with Gasteiger partial charge in [-0.3, -0.25) is 13.9 Å². The Morgan fingerprint density at radius 2 is 1.38 bits per heavy atom. The molecule has 0 aliphatic rings. The molecule has 0 radical (unpaired) electrons. The van der Waals surface area contributed by atoms with Crippen molar-refractivity contribution in [1.29, 1.82) is 0 Å². The van der Waals surface area contributed by atoms with Gasteiger partial charge in [-0.2, -0.15) is 0 Å². The van der Waals surface area contributed by atoms with E-state index in [1.807, 2.05) is 51.1 Å². The Morgan fingerprint density at radius 1 is 0.800 bits per heavy atom. The Hall–Kier alpha value is -4.34. The summed E-state index contributed by atoms with van der Waals surface area (Å²) in [6.45, 7) is 5.25. The third-order valence-corrected chi connectivity index (χ3v) is 9.41. The number of nitrogens with zero attached hydrogens (tertiary/aromatic N) is 2. The minimum absolute atomic E-state index is 0.0354. The number of halogens is 1. The Labute approximate surface area is 270 Å². The zero-order valence-corrected chi connectivity index (χ0v) is 27.2. The van der Waals surface area contributed by atoms with Crippen LogP contribution in [0.1, 0.15) is 39.2 Å². The Morgan fingerprint density at radius 3 is 1.96 bits per heavy atom. The number of rotatable bonds is 14. The van der Waals surface area contributed by atoms with Crippen molar-refractivity contribution in [3.63, 3.8) is 0 Å². The van der Waals surface area contributed by atoms with Crippen molar-refractivity contribution < 1.29 is 22.7 Å². The Kier molecular flexibility index (Phi) is 11.6. The van der Waals surface area contributed by atoms with Gasteiger partial charge in [-0.15, -0.1) is 0 Å². The van der Waals surface area contributed by atoms with E-state index in [1.165, 1.54) is 17.0 Å². The molecule has 0 spiro atoms. The first-order valence-corrected chi connectivity index (χ1v) is 16.7. The summed E-state index contributed by atoms with van der Waals surface area (Å²) in [7, 11) is -4.18. The van der Waals surface area contributed by atoms with E-state index in [2.05, 4.69) is 5.32 Å². The minimum atomic E-state index is -4.18. The van der Waals surface area contributed by atoms with Gasteiger partial charge in [0.1, 0.15) is 24.1 Å². The summed E-state index contributed by atoms with van der Waals surface area (Å²) in [4.78, 5) is 29.1. The lowest BCUT2D eigenvalue weighted by molar-refractivity contribution is -0.140. The average molecular weight is 648 g/mol. The predicted molar refractivity (Wildman–Crippen MR) is 178 cm³/mol. The minimum Gasteiger partial charge on any atom is -0.457 e. The number of ether oxygens (including phenoxy) is 1. The molecule has 0 aliphatic heterocycles. The summed E-state index contributed by atoms with van der Waals surface area (Å²) in [5.74, 6) is 0.313. The fraction of sp³-hybridized carbons (Fsp3) is 0.257. The highest BCUT2D eigenvalue weighted by Gasteiger charge is 2.34. The van der Waals surface area contributed by atoms with E-state index < -0.39 is 28.5 Å². The summed E-state index contributed by atoms with van der Waals surface area (Å²) in [5.41, 5.74) is 1.03. The molecule has 0 aliphatic carbocycles. The molecule has 0 fully saturated rings. The van der Waals surface area contributed by atoms with Crippen LogP contribution >= 0.6 is 11.6 Å². The molecule has 45 heavy (non-hydrogen) atoms. The molecule has 2 atom stereocenters. The van der Waals surface area contributed by atoms with Gasteiger partial charge in [-0.05, 0) is 86.0 Å². The van der Waals surface area contributed by atoms with Gasteiger partial charge in [0.2, 0.25) is 11.8 Å². The Balaban J connectivity index is 1.71. The van der Waals surface area contributed by atoms with Crippen LogP contribution < -0.4 is 14.4 Å². The van der Waals surface area contributed by atoms with Crippen LogP contribution in [0.15, 0.2) is 114 Å². The van der Waals surface area contributed by atoms with Crippen molar-refractivity contribution in [3.05, 3.63) is 120 Å². The first-order chi connectivity index (χ1) is 21.6. The number of para-hydroxylation sites is 1. The van der Waals surface area contributed by atoms with E-state index in [0.29, 0.717) is 22.9 Å². The lowest BCUT2D eigenvalue weighted by Crippen LogP contribution is -2.53. The van der Waals surface area contributed by atoms with Crippen molar-refractivity contribution in [2.75, 3.05) is 10.8 Å². The number of sulfonamides is 1. The second-order valence-corrected chi connectivity index (χ2v) is 12.9. The number of hydrogen-bond acceptors (Lipinski definition) is 5. The second-order valence-electron chi connectivity index (χ2n) is 10.6. The highest BCUT2D eigenvalue weighted by atomic mass is 35.5. The van der Waals surface area contributed by atoms with E-state index in [-0.39, 0.29) is 29.1 Å². The third kappa shape index (κ3) is 8.86. The fourth-order valence-electron chi connectivity index (χ4n) is 4.70. The van der Waals surface area contributed by atoms with Crippen molar-refractivity contribution in [2.24, 2.45) is 0 Å². The molecule has 0 heterocycles. The number of nitrogens with one attached hydrogen (secondary N) is 1. The molecular formula is C35H38ClN3O5S. The Bertz CT molecular complexity index is 1650. The maximum Gasteiger partial charge on any atom is 0.264 e. The smallest absolute Gasteiger partial charge is 0.264 e. The summed E-state index contributed by atoms with van der Waals surface area (Å²) < 4.78 is 35.1. The van der Waals surface area contributed by atoms with E-state index in [0.717, 1.165) is 16.3 Å². The van der Waals surface area contributed by atoms with Crippen molar-refractivity contribution in [1.82, 2.24) is 10.2 Å². The van der Waals surface area contributed by atoms with Crippen molar-refractivity contribution in [3.8, 4) is 11.5 Å². The van der Waals surface area contributed by atoms with Gasteiger partial charge in [0, 0.05) is 17.6 Å². The monoisotopic (exact) mass is 647 g/mol.